The van der Waals surface area contributed by atoms with E-state index in [-0.39, 0.29) is 6.42 Å². The van der Waals surface area contributed by atoms with Crippen molar-refractivity contribution in [2.45, 2.75) is 25.7 Å². The van der Waals surface area contributed by atoms with Crippen LogP contribution in [-0.2, 0) is 29.2 Å². The second kappa shape index (κ2) is 13.3. The zero-order valence-corrected chi connectivity index (χ0v) is 22.7. The largest absolute Gasteiger partial charge is 0.485 e. The smallest absolute Gasteiger partial charge is 0.328 e. The zero-order valence-electron chi connectivity index (χ0n) is 22.7. The van der Waals surface area contributed by atoms with Crippen LogP contribution in [0.5, 0.6) is 11.5 Å². The molecule has 1 aromatic heterocycles. The molecule has 5 rings (SSSR count). The number of aromatic nitrogens is 1. The molecule has 1 atom stereocenters. The summed E-state index contributed by atoms with van der Waals surface area (Å²) in [7, 11) is 1.30. The number of amides is 1. The maximum absolute atomic E-state index is 13.1. The van der Waals surface area contributed by atoms with E-state index in [1.165, 1.54) is 13.3 Å². The highest BCUT2D eigenvalue weighted by atomic mass is 16.5. The summed E-state index contributed by atoms with van der Waals surface area (Å²) >= 11 is 0. The van der Waals surface area contributed by atoms with Gasteiger partial charge in [0.05, 0.1) is 18.2 Å². The van der Waals surface area contributed by atoms with Gasteiger partial charge in [0.1, 0.15) is 19.3 Å². The Morgan fingerprint density at radius 3 is 2.05 bits per heavy atom. The van der Waals surface area contributed by atoms with Crippen molar-refractivity contribution in [3.05, 3.63) is 138 Å². The molecule has 1 amide bonds. The van der Waals surface area contributed by atoms with E-state index in [1.54, 1.807) is 6.07 Å². The van der Waals surface area contributed by atoms with Crippen molar-refractivity contribution in [3.63, 3.8) is 0 Å². The summed E-state index contributed by atoms with van der Waals surface area (Å²) in [6.07, 6.45) is 1.69. The van der Waals surface area contributed by atoms with Gasteiger partial charge < -0.3 is 19.5 Å². The predicted molar refractivity (Wildman–Crippen MR) is 157 cm³/mol. The van der Waals surface area contributed by atoms with Gasteiger partial charge in [0.2, 0.25) is 0 Å². The van der Waals surface area contributed by atoms with Gasteiger partial charge >= 0.3 is 5.97 Å². The lowest BCUT2D eigenvalue weighted by Gasteiger charge is -2.19. The van der Waals surface area contributed by atoms with E-state index in [0.29, 0.717) is 30.3 Å². The zero-order chi connectivity index (χ0) is 28.4. The van der Waals surface area contributed by atoms with Gasteiger partial charge in [-0.2, -0.15) is 0 Å². The van der Waals surface area contributed by atoms with E-state index in [2.05, 4.69) is 10.3 Å². The quantitative estimate of drug-likeness (QED) is 0.207. The van der Waals surface area contributed by atoms with E-state index in [9.17, 15) is 9.59 Å². The van der Waals surface area contributed by atoms with Crippen molar-refractivity contribution in [1.29, 1.82) is 0 Å². The SMILES string of the molecule is COC(=O)[C@H](Cc1ccc(OCc2ccccc2)c(OCc2ccccc2)c1)NC(=O)c1cnc2ccccc2c1. The van der Waals surface area contributed by atoms with Crippen molar-refractivity contribution in [2.24, 2.45) is 0 Å². The number of pyridine rings is 1. The molecule has 0 unspecified atom stereocenters. The number of benzene rings is 4. The van der Waals surface area contributed by atoms with Crippen LogP contribution < -0.4 is 14.8 Å². The Kier molecular flexibility index (Phi) is 8.86. The highest BCUT2D eigenvalue weighted by molar-refractivity contribution is 5.99. The van der Waals surface area contributed by atoms with E-state index >= 15 is 0 Å². The Balaban J connectivity index is 1.35. The number of nitrogens with one attached hydrogen (secondary N) is 1. The molecule has 5 aromatic rings. The lowest BCUT2D eigenvalue weighted by atomic mass is 10.0. The Morgan fingerprint density at radius 1 is 0.732 bits per heavy atom. The van der Waals surface area contributed by atoms with Crippen LogP contribution in [0.4, 0.5) is 0 Å². The second-order valence-corrected chi connectivity index (χ2v) is 9.50. The van der Waals surface area contributed by atoms with Gasteiger partial charge in [-0.25, -0.2) is 4.79 Å². The van der Waals surface area contributed by atoms with Gasteiger partial charge in [-0.1, -0.05) is 84.9 Å². The minimum atomic E-state index is -0.919. The van der Waals surface area contributed by atoms with Crippen LogP contribution in [-0.4, -0.2) is 30.0 Å². The summed E-state index contributed by atoms with van der Waals surface area (Å²) in [5.74, 6) is 0.149. The number of hydrogen-bond donors (Lipinski definition) is 1. The third-order valence-electron chi connectivity index (χ3n) is 6.57. The molecule has 0 aliphatic carbocycles. The van der Waals surface area contributed by atoms with Crippen molar-refractivity contribution in [1.82, 2.24) is 10.3 Å². The monoisotopic (exact) mass is 546 g/mol. The number of nitrogens with zero attached hydrogens (tertiary/aromatic N) is 1. The van der Waals surface area contributed by atoms with Gasteiger partial charge in [0, 0.05) is 18.0 Å². The highest BCUT2D eigenvalue weighted by Gasteiger charge is 2.24. The minimum Gasteiger partial charge on any atom is -0.485 e. The number of carbonyl (C=O) groups excluding carboxylic acids is 2. The Bertz CT molecular complexity index is 1620. The van der Waals surface area contributed by atoms with Crippen LogP contribution in [0.15, 0.2) is 115 Å². The number of fused-ring (bicyclic) bond motifs is 1. The maximum atomic E-state index is 13.1. The summed E-state index contributed by atoms with van der Waals surface area (Å²) in [5, 5.41) is 3.64. The number of methoxy groups -OCH3 is 1. The molecule has 0 fully saturated rings. The molecular formula is C34H30N2O5. The first-order chi connectivity index (χ1) is 20.1. The summed E-state index contributed by atoms with van der Waals surface area (Å²) in [5.41, 5.74) is 3.95. The molecule has 0 spiro atoms. The molecule has 41 heavy (non-hydrogen) atoms. The van der Waals surface area contributed by atoms with E-state index < -0.39 is 17.9 Å². The van der Waals surface area contributed by atoms with Crippen LogP contribution in [0.25, 0.3) is 10.9 Å². The van der Waals surface area contributed by atoms with Gasteiger partial charge in [-0.15, -0.1) is 0 Å². The van der Waals surface area contributed by atoms with Crippen LogP contribution in [0, 0.1) is 0 Å². The van der Waals surface area contributed by atoms with Gasteiger partial charge in [0.25, 0.3) is 5.91 Å². The molecular weight excluding hydrogens is 516 g/mol. The lowest BCUT2D eigenvalue weighted by Crippen LogP contribution is -2.43. The Hall–Kier alpha value is -5.17. The highest BCUT2D eigenvalue weighted by Crippen LogP contribution is 2.31. The van der Waals surface area contributed by atoms with Crippen molar-refractivity contribution >= 4 is 22.8 Å². The number of carbonyl (C=O) groups is 2. The summed E-state index contributed by atoms with van der Waals surface area (Å²) in [6.45, 7) is 0.723. The molecule has 0 radical (unpaired) electrons. The molecule has 0 bridgehead atoms. The van der Waals surface area contributed by atoms with Crippen LogP contribution >= 0.6 is 0 Å². The molecule has 1 heterocycles. The predicted octanol–water partition coefficient (Wildman–Crippen LogP) is 5.91. The fraction of sp³-hybridized carbons (Fsp3) is 0.147. The lowest BCUT2D eigenvalue weighted by molar-refractivity contribution is -0.142. The first kappa shape index (κ1) is 27.4. The summed E-state index contributed by atoms with van der Waals surface area (Å²) in [4.78, 5) is 30.2. The molecule has 206 valence electrons. The number of rotatable bonds is 11. The Morgan fingerprint density at radius 2 is 1.37 bits per heavy atom. The number of esters is 1. The maximum Gasteiger partial charge on any atom is 0.328 e. The first-order valence-corrected chi connectivity index (χ1v) is 13.3. The minimum absolute atomic E-state index is 0.195. The molecule has 7 nitrogen and oxygen atoms in total. The van der Waals surface area contributed by atoms with Crippen molar-refractivity contribution in [2.75, 3.05) is 7.11 Å². The van der Waals surface area contributed by atoms with Crippen molar-refractivity contribution in [3.8, 4) is 11.5 Å². The molecule has 4 aromatic carbocycles. The van der Waals surface area contributed by atoms with Crippen molar-refractivity contribution < 1.29 is 23.8 Å². The van der Waals surface area contributed by atoms with Crippen LogP contribution in [0.2, 0.25) is 0 Å². The third kappa shape index (κ3) is 7.28. The second-order valence-electron chi connectivity index (χ2n) is 9.50. The fourth-order valence-electron chi connectivity index (χ4n) is 4.39. The molecule has 0 saturated heterocycles. The standard InChI is InChI=1S/C34H30N2O5/c1-39-34(38)30(36-33(37)28-20-27-14-8-9-15-29(27)35-21-28)18-26-16-17-31(40-22-24-10-4-2-5-11-24)32(19-26)41-23-25-12-6-3-7-13-25/h2-17,19-21,30H,18,22-23H2,1H3,(H,36,37)/t30-/m0/s1. The van der Waals surface area contributed by atoms with Gasteiger partial charge in [0.15, 0.2) is 11.5 Å². The van der Waals surface area contributed by atoms with Crippen LogP contribution in [0.1, 0.15) is 27.0 Å². The normalized spacial score (nSPS) is 11.4. The molecule has 1 N–H and O–H groups in total. The van der Waals surface area contributed by atoms with Crippen LogP contribution in [0.3, 0.4) is 0 Å². The Labute approximate surface area is 238 Å². The topological polar surface area (TPSA) is 86.8 Å². The van der Waals surface area contributed by atoms with E-state index in [4.69, 9.17) is 14.2 Å². The summed E-state index contributed by atoms with van der Waals surface area (Å²) in [6, 6.07) is 33.6. The summed E-state index contributed by atoms with van der Waals surface area (Å²) < 4.78 is 17.3. The van der Waals surface area contributed by atoms with Gasteiger partial charge in [-0.3, -0.25) is 9.78 Å². The molecule has 0 aliphatic heterocycles. The first-order valence-electron chi connectivity index (χ1n) is 13.3. The number of ether oxygens (including phenoxy) is 3. The average Bonchev–Trinajstić information content (AvgIpc) is 3.03. The number of para-hydroxylation sites is 1. The molecule has 0 aliphatic rings. The number of hydrogen-bond acceptors (Lipinski definition) is 6. The van der Waals surface area contributed by atoms with E-state index in [1.807, 2.05) is 103 Å². The third-order valence-corrected chi connectivity index (χ3v) is 6.57. The average molecular weight is 547 g/mol. The fourth-order valence-corrected chi connectivity index (χ4v) is 4.39. The molecule has 0 saturated carbocycles. The molecule has 7 heteroatoms. The van der Waals surface area contributed by atoms with Gasteiger partial charge in [-0.05, 0) is 41.0 Å². The van der Waals surface area contributed by atoms with E-state index in [0.717, 1.165) is 27.6 Å².